The number of benzene rings is 4. The van der Waals surface area contributed by atoms with E-state index in [1.807, 2.05) is 48.5 Å². The highest BCUT2D eigenvalue weighted by Gasteiger charge is 2.35. The Kier molecular flexibility index (Phi) is 7.04. The molecule has 4 aromatic carbocycles. The predicted octanol–water partition coefficient (Wildman–Crippen LogP) is 5.71. The summed E-state index contributed by atoms with van der Waals surface area (Å²) in [6, 6.07) is 25.1. The number of nitrogens with one attached hydrogen (secondary N) is 1. The van der Waals surface area contributed by atoms with Gasteiger partial charge in [0.25, 0.3) is 11.8 Å². The molecule has 0 spiro atoms. The van der Waals surface area contributed by atoms with Gasteiger partial charge >= 0.3 is 5.97 Å². The van der Waals surface area contributed by atoms with Crippen LogP contribution in [0.15, 0.2) is 95.0 Å². The Bertz CT molecular complexity index is 1660. The fourth-order valence-corrected chi connectivity index (χ4v) is 4.82. The molecule has 0 radical (unpaired) electrons. The van der Waals surface area contributed by atoms with Gasteiger partial charge in [-0.25, -0.2) is 4.79 Å². The van der Waals surface area contributed by atoms with Gasteiger partial charge in [-0.2, -0.15) is 0 Å². The van der Waals surface area contributed by atoms with Crippen molar-refractivity contribution >= 4 is 73.6 Å². The van der Waals surface area contributed by atoms with E-state index in [2.05, 4.69) is 21.2 Å². The lowest BCUT2D eigenvalue weighted by molar-refractivity contribution is -0.122. The summed E-state index contributed by atoms with van der Waals surface area (Å²) < 4.78 is 6.89. The van der Waals surface area contributed by atoms with Crippen molar-refractivity contribution in [2.24, 2.45) is 0 Å². The summed E-state index contributed by atoms with van der Waals surface area (Å²) in [6.07, 6.45) is 1.44. The molecule has 0 bridgehead atoms. The Morgan fingerprint density at radius 2 is 1.76 bits per heavy atom. The zero-order chi connectivity index (χ0) is 26.8. The summed E-state index contributed by atoms with van der Waals surface area (Å²) in [6.45, 7) is 0.275. The molecule has 4 aromatic rings. The molecule has 1 heterocycles. The highest BCUT2D eigenvalue weighted by Crippen LogP contribution is 2.30. The Morgan fingerprint density at radius 1 is 1.00 bits per heavy atom. The van der Waals surface area contributed by atoms with Crippen molar-refractivity contribution in [1.29, 1.82) is 0 Å². The van der Waals surface area contributed by atoms with Crippen LogP contribution in [-0.4, -0.2) is 28.0 Å². The van der Waals surface area contributed by atoms with E-state index in [9.17, 15) is 19.5 Å². The Hall–Kier alpha value is -4.34. The quantitative estimate of drug-likeness (QED) is 0.171. The van der Waals surface area contributed by atoms with Crippen molar-refractivity contribution in [3.63, 3.8) is 0 Å². The number of hydrogen-bond acceptors (Lipinski definition) is 5. The van der Waals surface area contributed by atoms with Crippen LogP contribution in [0.1, 0.15) is 21.5 Å². The van der Waals surface area contributed by atoms with Crippen molar-refractivity contribution in [3.8, 4) is 5.75 Å². The Labute approximate surface area is 231 Å². The molecule has 188 valence electrons. The first-order valence-electron chi connectivity index (χ1n) is 11.5. The van der Waals surface area contributed by atoms with E-state index in [1.54, 1.807) is 18.2 Å². The zero-order valence-corrected chi connectivity index (χ0v) is 22.1. The Morgan fingerprint density at radius 3 is 2.58 bits per heavy atom. The van der Waals surface area contributed by atoms with E-state index in [4.69, 9.17) is 17.0 Å². The molecule has 0 atom stereocenters. The molecule has 0 saturated carbocycles. The number of nitrogens with zero attached hydrogens (tertiary/aromatic N) is 1. The molecule has 7 nitrogen and oxygen atoms in total. The van der Waals surface area contributed by atoms with Gasteiger partial charge in [-0.3, -0.25) is 19.8 Å². The van der Waals surface area contributed by atoms with Crippen LogP contribution in [0.25, 0.3) is 16.8 Å². The fraction of sp³-hybridized carbons (Fsp3) is 0.0345. The van der Waals surface area contributed by atoms with Crippen LogP contribution >= 0.6 is 28.1 Å². The summed E-state index contributed by atoms with van der Waals surface area (Å²) in [5.74, 6) is -2.02. The lowest BCUT2D eigenvalue weighted by Crippen LogP contribution is -2.54. The number of ether oxygens (including phenoxy) is 1. The number of amides is 2. The monoisotopic (exact) mass is 586 g/mol. The number of carbonyl (C=O) groups is 3. The number of carbonyl (C=O) groups excluding carboxylic acids is 2. The summed E-state index contributed by atoms with van der Waals surface area (Å²) in [5, 5.41) is 13.9. The largest absolute Gasteiger partial charge is 0.488 e. The molecule has 9 heteroatoms. The molecule has 1 aliphatic heterocycles. The van der Waals surface area contributed by atoms with E-state index in [0.717, 1.165) is 25.7 Å². The van der Waals surface area contributed by atoms with Gasteiger partial charge in [0, 0.05) is 10.0 Å². The molecule has 1 saturated heterocycles. The SMILES string of the molecule is O=C1NC(=S)N(c2cccc(C(=O)O)c2)C(=O)C1=Cc1cc(Br)ccc1OCc1cccc2ccccc12. The van der Waals surface area contributed by atoms with E-state index >= 15 is 0 Å². The average molecular weight is 587 g/mol. The Balaban J connectivity index is 1.49. The fourth-order valence-electron chi connectivity index (χ4n) is 4.16. The second-order valence-electron chi connectivity index (χ2n) is 8.42. The maximum absolute atomic E-state index is 13.5. The van der Waals surface area contributed by atoms with Crippen LogP contribution in [0, 0.1) is 0 Å². The molecule has 0 unspecified atom stereocenters. The zero-order valence-electron chi connectivity index (χ0n) is 19.7. The van der Waals surface area contributed by atoms with Gasteiger partial charge in [-0.15, -0.1) is 0 Å². The second-order valence-corrected chi connectivity index (χ2v) is 9.72. The number of carboxylic acid groups (broad SMARTS) is 1. The van der Waals surface area contributed by atoms with E-state index in [0.29, 0.717) is 11.3 Å². The summed E-state index contributed by atoms with van der Waals surface area (Å²) >= 11 is 8.68. The number of carboxylic acids is 1. The van der Waals surface area contributed by atoms with Gasteiger partial charge in [-0.05, 0) is 71.0 Å². The van der Waals surface area contributed by atoms with Crippen molar-refractivity contribution < 1.29 is 24.2 Å². The third-order valence-corrected chi connectivity index (χ3v) is 6.77. The first kappa shape index (κ1) is 25.3. The number of fused-ring (bicyclic) bond motifs is 1. The molecule has 0 aliphatic carbocycles. The molecule has 0 aromatic heterocycles. The van der Waals surface area contributed by atoms with E-state index in [1.165, 1.54) is 24.3 Å². The van der Waals surface area contributed by atoms with Crippen molar-refractivity contribution in [2.75, 3.05) is 4.90 Å². The van der Waals surface area contributed by atoms with Crippen molar-refractivity contribution in [2.45, 2.75) is 6.61 Å². The minimum Gasteiger partial charge on any atom is -0.488 e. The van der Waals surface area contributed by atoms with Crippen LogP contribution in [0.2, 0.25) is 0 Å². The van der Waals surface area contributed by atoms with Gasteiger partial charge in [-0.1, -0.05) is 64.5 Å². The highest BCUT2D eigenvalue weighted by molar-refractivity contribution is 9.10. The summed E-state index contributed by atoms with van der Waals surface area (Å²) in [5.41, 5.74) is 1.53. The minimum absolute atomic E-state index is 0.0170. The first-order chi connectivity index (χ1) is 18.3. The van der Waals surface area contributed by atoms with Crippen LogP contribution in [-0.2, 0) is 16.2 Å². The summed E-state index contributed by atoms with van der Waals surface area (Å²) in [4.78, 5) is 38.8. The minimum atomic E-state index is -1.15. The molecule has 1 aliphatic rings. The van der Waals surface area contributed by atoms with Gasteiger partial charge in [0.2, 0.25) is 0 Å². The second kappa shape index (κ2) is 10.6. The standard InChI is InChI=1S/C29H19BrN2O5S/c30-21-11-12-25(37-16-19-8-3-6-17-5-1-2-10-23(17)19)20(13-21)15-24-26(33)31-29(38)32(27(24)34)22-9-4-7-18(14-22)28(35)36/h1-15H,16H2,(H,35,36)(H,31,33,38). The van der Waals surface area contributed by atoms with E-state index in [-0.39, 0.29) is 28.5 Å². The number of halogens is 1. The predicted molar refractivity (Wildman–Crippen MR) is 152 cm³/mol. The third kappa shape index (κ3) is 5.06. The molecular formula is C29H19BrN2O5S. The van der Waals surface area contributed by atoms with Gasteiger partial charge in [0.05, 0.1) is 11.3 Å². The van der Waals surface area contributed by atoms with Crippen LogP contribution in [0.5, 0.6) is 5.75 Å². The van der Waals surface area contributed by atoms with Gasteiger partial charge < -0.3 is 9.84 Å². The normalized spacial score (nSPS) is 14.6. The number of hydrogen-bond donors (Lipinski definition) is 2. The average Bonchev–Trinajstić information content (AvgIpc) is 2.90. The maximum atomic E-state index is 13.5. The molecule has 2 N–H and O–H groups in total. The molecular weight excluding hydrogens is 568 g/mol. The molecule has 2 amide bonds. The number of rotatable bonds is 6. The lowest BCUT2D eigenvalue weighted by Gasteiger charge is -2.29. The molecule has 38 heavy (non-hydrogen) atoms. The smallest absolute Gasteiger partial charge is 0.335 e. The van der Waals surface area contributed by atoms with Crippen molar-refractivity contribution in [1.82, 2.24) is 5.32 Å². The molecule has 5 rings (SSSR count). The van der Waals surface area contributed by atoms with Crippen LogP contribution < -0.4 is 15.0 Å². The van der Waals surface area contributed by atoms with Crippen LogP contribution in [0.4, 0.5) is 5.69 Å². The van der Waals surface area contributed by atoms with Crippen LogP contribution in [0.3, 0.4) is 0 Å². The molecule has 1 fully saturated rings. The van der Waals surface area contributed by atoms with Gasteiger partial charge in [0.15, 0.2) is 5.11 Å². The van der Waals surface area contributed by atoms with E-state index < -0.39 is 17.8 Å². The summed E-state index contributed by atoms with van der Waals surface area (Å²) in [7, 11) is 0. The van der Waals surface area contributed by atoms with Crippen molar-refractivity contribution in [3.05, 3.63) is 112 Å². The lowest BCUT2D eigenvalue weighted by atomic mass is 10.0. The number of anilines is 1. The van der Waals surface area contributed by atoms with Gasteiger partial charge in [0.1, 0.15) is 17.9 Å². The highest BCUT2D eigenvalue weighted by atomic mass is 79.9. The number of aromatic carboxylic acids is 1. The number of thiocarbonyl (C=S) groups is 1. The third-order valence-electron chi connectivity index (χ3n) is 5.99. The first-order valence-corrected chi connectivity index (χ1v) is 12.7. The maximum Gasteiger partial charge on any atom is 0.335 e. The topological polar surface area (TPSA) is 95.9 Å².